The molecule has 0 aromatic heterocycles. The molecule has 0 aliphatic heterocycles. The summed E-state index contributed by atoms with van der Waals surface area (Å²) >= 11 is 6.07. The summed E-state index contributed by atoms with van der Waals surface area (Å²) in [5, 5.41) is 7.86. The molecule has 1 aromatic rings. The Morgan fingerprint density at radius 2 is 2.22 bits per heavy atom. The van der Waals surface area contributed by atoms with Crippen LogP contribution in [0, 0.1) is 11.2 Å². The van der Waals surface area contributed by atoms with Crippen LogP contribution >= 0.6 is 11.6 Å². The third-order valence-electron chi connectivity index (χ3n) is 3.11. The number of benzene rings is 1. The minimum Gasteiger partial charge on any atom is -0.388 e. The topological polar surface area (TPSA) is 53.1 Å². The highest BCUT2D eigenvalue weighted by Crippen LogP contribution is 2.30. The maximum Gasteiger partial charge on any atom is 0.123 e. The van der Waals surface area contributed by atoms with Gasteiger partial charge in [-0.15, -0.1) is 0 Å². The Balaban J connectivity index is 2.03. The van der Waals surface area contributed by atoms with E-state index in [1.54, 1.807) is 6.07 Å². The molecule has 98 valence electrons. The quantitative estimate of drug-likeness (QED) is 0.616. The molecule has 0 spiro atoms. The summed E-state index contributed by atoms with van der Waals surface area (Å²) in [5.41, 5.74) is 6.18. The molecule has 1 aliphatic carbocycles. The van der Waals surface area contributed by atoms with Crippen LogP contribution in [-0.2, 0) is 6.54 Å². The summed E-state index contributed by atoms with van der Waals surface area (Å²) in [6, 6.07) is 4.96. The summed E-state index contributed by atoms with van der Waals surface area (Å²) in [7, 11) is 0. The fraction of sp³-hybridized carbons (Fsp3) is 0.462. The lowest BCUT2D eigenvalue weighted by Gasteiger charge is -2.22. The van der Waals surface area contributed by atoms with Crippen molar-refractivity contribution in [2.75, 3.05) is 6.54 Å². The number of nitrogens with two attached hydrogens (primary N) is 1. The maximum absolute atomic E-state index is 13.2. The maximum atomic E-state index is 13.2. The molecule has 0 unspecified atom stereocenters. The highest BCUT2D eigenvalue weighted by molar-refractivity contribution is 6.31. The Hall–Kier alpha value is -1.13. The van der Waals surface area contributed by atoms with Gasteiger partial charge in [-0.05, 0) is 36.6 Å². The van der Waals surface area contributed by atoms with Crippen LogP contribution in [0.15, 0.2) is 18.2 Å². The number of nitrogens with one attached hydrogen (secondary N) is 1. The third kappa shape index (κ3) is 3.68. The first kappa shape index (κ1) is 13.3. The van der Waals surface area contributed by atoms with Gasteiger partial charge in [-0.3, -0.25) is 10.3 Å². The fourth-order valence-corrected chi connectivity index (χ4v) is 2.16. The van der Waals surface area contributed by atoms with Crippen LogP contribution in [0.4, 0.5) is 4.39 Å². The van der Waals surface area contributed by atoms with Gasteiger partial charge in [-0.2, -0.15) is 0 Å². The smallest absolute Gasteiger partial charge is 0.123 e. The lowest BCUT2D eigenvalue weighted by atomic mass is 10.2. The minimum absolute atomic E-state index is 0.186. The number of halogens is 2. The Morgan fingerprint density at radius 1 is 1.50 bits per heavy atom. The van der Waals surface area contributed by atoms with Crippen molar-refractivity contribution in [3.8, 4) is 0 Å². The first-order valence-corrected chi connectivity index (χ1v) is 6.45. The van der Waals surface area contributed by atoms with E-state index < -0.39 is 0 Å². The first-order valence-electron chi connectivity index (χ1n) is 6.07. The zero-order valence-electron chi connectivity index (χ0n) is 10.1. The van der Waals surface area contributed by atoms with Crippen LogP contribution in [0.5, 0.6) is 0 Å². The van der Waals surface area contributed by atoms with Crippen molar-refractivity contribution in [3.05, 3.63) is 34.6 Å². The summed E-state index contributed by atoms with van der Waals surface area (Å²) in [6.45, 7) is 1.35. The predicted molar refractivity (Wildman–Crippen MR) is 71.4 cm³/mol. The molecule has 1 fully saturated rings. The van der Waals surface area contributed by atoms with Crippen molar-refractivity contribution < 1.29 is 4.39 Å². The zero-order chi connectivity index (χ0) is 13.1. The Labute approximate surface area is 111 Å². The van der Waals surface area contributed by atoms with Gasteiger partial charge in [0.1, 0.15) is 5.82 Å². The van der Waals surface area contributed by atoms with Gasteiger partial charge in [0.25, 0.3) is 0 Å². The molecule has 0 radical (unpaired) electrons. The third-order valence-corrected chi connectivity index (χ3v) is 3.48. The van der Waals surface area contributed by atoms with Crippen LogP contribution in [0.1, 0.15) is 24.8 Å². The van der Waals surface area contributed by atoms with E-state index >= 15 is 0 Å². The van der Waals surface area contributed by atoms with Gasteiger partial charge >= 0.3 is 0 Å². The molecule has 2 rings (SSSR count). The largest absolute Gasteiger partial charge is 0.388 e. The molecule has 3 nitrogen and oxygen atoms in total. The molecule has 3 N–H and O–H groups in total. The fourth-order valence-electron chi connectivity index (χ4n) is 1.98. The van der Waals surface area contributed by atoms with Crippen molar-refractivity contribution in [1.29, 1.82) is 5.41 Å². The van der Waals surface area contributed by atoms with Gasteiger partial charge < -0.3 is 5.73 Å². The van der Waals surface area contributed by atoms with Crippen LogP contribution in [0.2, 0.25) is 5.02 Å². The highest BCUT2D eigenvalue weighted by atomic mass is 35.5. The van der Waals surface area contributed by atoms with Crippen LogP contribution < -0.4 is 5.73 Å². The molecular formula is C13H17ClFN3. The van der Waals surface area contributed by atoms with Gasteiger partial charge in [-0.1, -0.05) is 11.6 Å². The molecule has 0 saturated heterocycles. The molecule has 0 atom stereocenters. The molecule has 0 bridgehead atoms. The van der Waals surface area contributed by atoms with E-state index in [9.17, 15) is 4.39 Å². The van der Waals surface area contributed by atoms with Gasteiger partial charge in [0, 0.05) is 30.6 Å². The second-order valence-corrected chi connectivity index (χ2v) is 5.12. The second kappa shape index (κ2) is 5.67. The number of hydrogen-bond acceptors (Lipinski definition) is 2. The van der Waals surface area contributed by atoms with Crippen molar-refractivity contribution >= 4 is 17.4 Å². The number of hydrogen-bond donors (Lipinski definition) is 2. The van der Waals surface area contributed by atoms with Crippen LogP contribution in [0.25, 0.3) is 0 Å². The standard InChI is InChI=1S/C13H17ClFN3/c14-12-4-1-10(15)7-9(12)8-18(11-2-3-11)6-5-13(16)17/h1,4,7,11H,2-3,5-6,8H2,(H3,16,17). The minimum atomic E-state index is -0.267. The van der Waals surface area contributed by atoms with Crippen molar-refractivity contribution in [1.82, 2.24) is 4.90 Å². The zero-order valence-corrected chi connectivity index (χ0v) is 10.9. The Bertz CT molecular complexity index is 446. The molecular weight excluding hydrogens is 253 g/mol. The molecule has 5 heteroatoms. The van der Waals surface area contributed by atoms with E-state index in [1.165, 1.54) is 12.1 Å². The van der Waals surface area contributed by atoms with E-state index in [2.05, 4.69) is 4.90 Å². The van der Waals surface area contributed by atoms with E-state index in [0.29, 0.717) is 24.0 Å². The highest BCUT2D eigenvalue weighted by Gasteiger charge is 2.29. The number of amidine groups is 1. The van der Waals surface area contributed by atoms with Gasteiger partial charge in [0.2, 0.25) is 0 Å². The second-order valence-electron chi connectivity index (χ2n) is 4.71. The summed E-state index contributed by atoms with van der Waals surface area (Å²) < 4.78 is 13.2. The van der Waals surface area contributed by atoms with Crippen molar-refractivity contribution in [2.45, 2.75) is 31.8 Å². The molecule has 1 aliphatic rings. The van der Waals surface area contributed by atoms with E-state index in [1.807, 2.05) is 0 Å². The molecule has 1 saturated carbocycles. The van der Waals surface area contributed by atoms with Crippen LogP contribution in [-0.4, -0.2) is 23.3 Å². The number of nitrogens with zero attached hydrogens (tertiary/aromatic N) is 1. The van der Waals surface area contributed by atoms with Gasteiger partial charge in [0.15, 0.2) is 0 Å². The van der Waals surface area contributed by atoms with Gasteiger partial charge in [-0.25, -0.2) is 4.39 Å². The normalized spacial score (nSPS) is 15.1. The number of rotatable bonds is 6. The van der Waals surface area contributed by atoms with E-state index in [-0.39, 0.29) is 11.7 Å². The Kier molecular flexibility index (Phi) is 4.19. The predicted octanol–water partition coefficient (Wildman–Crippen LogP) is 2.77. The molecule has 0 heterocycles. The first-order chi connectivity index (χ1) is 8.56. The summed E-state index contributed by atoms with van der Waals surface area (Å²) in [5.74, 6) is -0.0808. The Morgan fingerprint density at radius 3 is 2.83 bits per heavy atom. The van der Waals surface area contributed by atoms with E-state index in [4.69, 9.17) is 22.7 Å². The molecule has 0 amide bonds. The average molecular weight is 270 g/mol. The lowest BCUT2D eigenvalue weighted by molar-refractivity contribution is 0.262. The monoisotopic (exact) mass is 269 g/mol. The molecule has 1 aromatic carbocycles. The average Bonchev–Trinajstić information content (AvgIpc) is 3.12. The lowest BCUT2D eigenvalue weighted by Crippen LogP contribution is -2.29. The van der Waals surface area contributed by atoms with Crippen molar-refractivity contribution in [3.63, 3.8) is 0 Å². The van der Waals surface area contributed by atoms with Crippen LogP contribution in [0.3, 0.4) is 0 Å². The summed E-state index contributed by atoms with van der Waals surface area (Å²) in [4.78, 5) is 2.22. The van der Waals surface area contributed by atoms with Gasteiger partial charge in [0.05, 0.1) is 5.84 Å². The SMILES string of the molecule is N=C(N)CCN(Cc1cc(F)ccc1Cl)C1CC1. The van der Waals surface area contributed by atoms with Crippen molar-refractivity contribution in [2.24, 2.45) is 5.73 Å². The van der Waals surface area contributed by atoms with E-state index in [0.717, 1.165) is 24.9 Å². The summed E-state index contributed by atoms with van der Waals surface area (Å²) in [6.07, 6.45) is 2.86. The molecule has 18 heavy (non-hydrogen) atoms.